The maximum absolute atomic E-state index is 5.55. The van der Waals surface area contributed by atoms with Gasteiger partial charge in [-0.05, 0) is 19.3 Å². The third kappa shape index (κ3) is 5.35. The molecular weight excluding hydrogens is 202 g/mol. The van der Waals surface area contributed by atoms with Gasteiger partial charge < -0.3 is 15.4 Å². The summed E-state index contributed by atoms with van der Waals surface area (Å²) in [7, 11) is 1.81. The molecule has 1 rings (SSSR count). The number of nitrogens with one attached hydrogen (secondary N) is 2. The number of ether oxygens (including phenoxy) is 1. The van der Waals surface area contributed by atoms with Crippen molar-refractivity contribution in [3.63, 3.8) is 0 Å². The lowest BCUT2D eigenvalue weighted by atomic mass is 10.2. The zero-order chi connectivity index (χ0) is 11.6. The van der Waals surface area contributed by atoms with E-state index in [4.69, 9.17) is 4.74 Å². The van der Waals surface area contributed by atoms with Crippen LogP contribution in [0, 0.1) is 0 Å². The Labute approximate surface area is 98.9 Å². The van der Waals surface area contributed by atoms with Crippen molar-refractivity contribution in [3.8, 4) is 0 Å². The molecule has 0 amide bonds. The first-order chi connectivity index (χ1) is 7.86. The number of hydrogen-bond acceptors (Lipinski definition) is 2. The summed E-state index contributed by atoms with van der Waals surface area (Å²) in [5.41, 5.74) is 0. The van der Waals surface area contributed by atoms with Crippen LogP contribution in [0.5, 0.6) is 0 Å². The minimum Gasteiger partial charge on any atom is -0.376 e. The molecular formula is C12H25N3O. The third-order valence-electron chi connectivity index (χ3n) is 2.82. The fourth-order valence-corrected chi connectivity index (χ4v) is 1.82. The van der Waals surface area contributed by atoms with Crippen molar-refractivity contribution in [3.05, 3.63) is 0 Å². The molecule has 1 saturated heterocycles. The minimum absolute atomic E-state index is 0.370. The van der Waals surface area contributed by atoms with Crippen LogP contribution in [0.1, 0.15) is 39.0 Å². The first-order valence-corrected chi connectivity index (χ1v) is 6.43. The van der Waals surface area contributed by atoms with E-state index in [2.05, 4.69) is 22.5 Å². The monoisotopic (exact) mass is 227 g/mol. The average Bonchev–Trinajstić information content (AvgIpc) is 2.81. The highest BCUT2D eigenvalue weighted by Crippen LogP contribution is 2.10. The Kier molecular flexibility index (Phi) is 6.97. The van der Waals surface area contributed by atoms with E-state index in [1.54, 1.807) is 0 Å². The lowest BCUT2D eigenvalue weighted by Crippen LogP contribution is -2.41. The van der Waals surface area contributed by atoms with Crippen LogP contribution in [0.15, 0.2) is 4.99 Å². The number of guanidine groups is 1. The highest BCUT2D eigenvalue weighted by Gasteiger charge is 2.15. The minimum atomic E-state index is 0.370. The van der Waals surface area contributed by atoms with Crippen LogP contribution in [0.3, 0.4) is 0 Å². The SMILES string of the molecule is CCCCCNC(=NC)NCC1CCCO1. The van der Waals surface area contributed by atoms with E-state index in [1.807, 2.05) is 7.05 Å². The van der Waals surface area contributed by atoms with Gasteiger partial charge in [-0.1, -0.05) is 19.8 Å². The van der Waals surface area contributed by atoms with Crippen LogP contribution in [-0.4, -0.2) is 38.8 Å². The van der Waals surface area contributed by atoms with E-state index in [0.29, 0.717) is 6.10 Å². The van der Waals surface area contributed by atoms with Crippen LogP contribution in [0.2, 0.25) is 0 Å². The predicted octanol–water partition coefficient (Wildman–Crippen LogP) is 1.52. The van der Waals surface area contributed by atoms with E-state index in [1.165, 1.54) is 32.1 Å². The van der Waals surface area contributed by atoms with Gasteiger partial charge in [-0.3, -0.25) is 4.99 Å². The zero-order valence-electron chi connectivity index (χ0n) is 10.6. The number of aliphatic imine (C=N–C) groups is 1. The molecule has 16 heavy (non-hydrogen) atoms. The summed E-state index contributed by atoms with van der Waals surface area (Å²) in [5, 5.41) is 6.61. The van der Waals surface area contributed by atoms with Gasteiger partial charge in [0.15, 0.2) is 5.96 Å². The van der Waals surface area contributed by atoms with Gasteiger partial charge in [0.05, 0.1) is 6.10 Å². The van der Waals surface area contributed by atoms with Gasteiger partial charge in [0, 0.05) is 26.7 Å². The Morgan fingerprint density at radius 2 is 2.25 bits per heavy atom. The fourth-order valence-electron chi connectivity index (χ4n) is 1.82. The van der Waals surface area contributed by atoms with Gasteiger partial charge in [0.2, 0.25) is 0 Å². The van der Waals surface area contributed by atoms with E-state index >= 15 is 0 Å². The number of nitrogens with zero attached hydrogens (tertiary/aromatic N) is 1. The van der Waals surface area contributed by atoms with Crippen molar-refractivity contribution in [1.82, 2.24) is 10.6 Å². The number of hydrogen-bond donors (Lipinski definition) is 2. The second-order valence-electron chi connectivity index (χ2n) is 4.22. The maximum Gasteiger partial charge on any atom is 0.191 e. The molecule has 1 heterocycles. The number of unbranched alkanes of at least 4 members (excludes halogenated alkanes) is 2. The summed E-state index contributed by atoms with van der Waals surface area (Å²) < 4.78 is 5.55. The first kappa shape index (κ1) is 13.3. The van der Waals surface area contributed by atoms with Crippen LogP contribution in [0.25, 0.3) is 0 Å². The normalized spacial score (nSPS) is 21.1. The molecule has 1 unspecified atom stereocenters. The molecule has 1 atom stereocenters. The molecule has 0 aromatic carbocycles. The second-order valence-corrected chi connectivity index (χ2v) is 4.22. The Morgan fingerprint density at radius 1 is 1.38 bits per heavy atom. The van der Waals surface area contributed by atoms with Gasteiger partial charge in [-0.15, -0.1) is 0 Å². The smallest absolute Gasteiger partial charge is 0.191 e. The molecule has 2 N–H and O–H groups in total. The van der Waals surface area contributed by atoms with Crippen molar-refractivity contribution in [1.29, 1.82) is 0 Å². The fraction of sp³-hybridized carbons (Fsp3) is 0.917. The van der Waals surface area contributed by atoms with Crippen LogP contribution in [0.4, 0.5) is 0 Å². The molecule has 0 aliphatic carbocycles. The lowest BCUT2D eigenvalue weighted by Gasteiger charge is -2.14. The van der Waals surface area contributed by atoms with Crippen molar-refractivity contribution >= 4 is 5.96 Å². The summed E-state index contributed by atoms with van der Waals surface area (Å²) in [6.45, 7) is 4.99. The molecule has 4 nitrogen and oxygen atoms in total. The van der Waals surface area contributed by atoms with Gasteiger partial charge in [-0.25, -0.2) is 0 Å². The Morgan fingerprint density at radius 3 is 2.88 bits per heavy atom. The van der Waals surface area contributed by atoms with E-state index < -0.39 is 0 Å². The molecule has 94 valence electrons. The standard InChI is InChI=1S/C12H25N3O/c1-3-4-5-8-14-12(13-2)15-10-11-7-6-9-16-11/h11H,3-10H2,1-2H3,(H2,13,14,15). The zero-order valence-corrected chi connectivity index (χ0v) is 10.6. The maximum atomic E-state index is 5.55. The molecule has 1 fully saturated rings. The Hall–Kier alpha value is -0.770. The summed E-state index contributed by atoms with van der Waals surface area (Å²) >= 11 is 0. The van der Waals surface area contributed by atoms with E-state index in [9.17, 15) is 0 Å². The van der Waals surface area contributed by atoms with Gasteiger partial charge >= 0.3 is 0 Å². The summed E-state index contributed by atoms with van der Waals surface area (Å²) in [5.74, 6) is 0.895. The van der Waals surface area contributed by atoms with Crippen LogP contribution in [-0.2, 0) is 4.74 Å². The molecule has 1 aliphatic heterocycles. The first-order valence-electron chi connectivity index (χ1n) is 6.43. The van der Waals surface area contributed by atoms with Crippen molar-refractivity contribution in [2.24, 2.45) is 4.99 Å². The predicted molar refractivity (Wildman–Crippen MR) is 67.9 cm³/mol. The molecule has 0 bridgehead atoms. The molecule has 0 saturated carbocycles. The third-order valence-corrected chi connectivity index (χ3v) is 2.82. The van der Waals surface area contributed by atoms with Crippen molar-refractivity contribution in [2.75, 3.05) is 26.7 Å². The van der Waals surface area contributed by atoms with Crippen molar-refractivity contribution in [2.45, 2.75) is 45.1 Å². The molecule has 0 aromatic rings. The lowest BCUT2D eigenvalue weighted by molar-refractivity contribution is 0.114. The van der Waals surface area contributed by atoms with E-state index in [-0.39, 0.29) is 0 Å². The highest BCUT2D eigenvalue weighted by atomic mass is 16.5. The highest BCUT2D eigenvalue weighted by molar-refractivity contribution is 5.79. The summed E-state index contributed by atoms with van der Waals surface area (Å²) in [4.78, 5) is 4.19. The Balaban J connectivity index is 2.06. The molecule has 0 radical (unpaired) electrons. The topological polar surface area (TPSA) is 45.7 Å². The van der Waals surface area contributed by atoms with Crippen LogP contribution < -0.4 is 10.6 Å². The van der Waals surface area contributed by atoms with Gasteiger partial charge in [0.25, 0.3) is 0 Å². The average molecular weight is 227 g/mol. The molecule has 4 heteroatoms. The van der Waals surface area contributed by atoms with Gasteiger partial charge in [0.1, 0.15) is 0 Å². The van der Waals surface area contributed by atoms with Gasteiger partial charge in [-0.2, -0.15) is 0 Å². The quantitative estimate of drug-likeness (QED) is 0.411. The number of rotatable bonds is 6. The van der Waals surface area contributed by atoms with Crippen LogP contribution >= 0.6 is 0 Å². The molecule has 1 aliphatic rings. The molecule has 0 aromatic heterocycles. The Bertz CT molecular complexity index is 200. The summed E-state index contributed by atoms with van der Waals surface area (Å²) in [6, 6.07) is 0. The van der Waals surface area contributed by atoms with Crippen molar-refractivity contribution < 1.29 is 4.74 Å². The largest absolute Gasteiger partial charge is 0.376 e. The summed E-state index contributed by atoms with van der Waals surface area (Å²) in [6.07, 6.45) is 6.46. The second kappa shape index (κ2) is 8.39. The molecule has 0 spiro atoms. The van der Waals surface area contributed by atoms with E-state index in [0.717, 1.165) is 25.7 Å².